The van der Waals surface area contributed by atoms with Crippen LogP contribution in [-0.2, 0) is 26.5 Å². The van der Waals surface area contributed by atoms with Crippen molar-refractivity contribution in [2.45, 2.75) is 73.5 Å². The molecule has 5 aromatic carbocycles. The van der Waals surface area contributed by atoms with Crippen LogP contribution in [-0.4, -0.2) is 18.0 Å². The number of hydrogen-bond acceptors (Lipinski definition) is 3. The van der Waals surface area contributed by atoms with Gasteiger partial charge in [-0.2, -0.15) is 0 Å². The first-order valence-electron chi connectivity index (χ1n) is 19.7. The van der Waals surface area contributed by atoms with E-state index in [2.05, 4.69) is 175 Å². The number of aryl methyl sites for hydroxylation is 1. The molecular formula is C52H52IrN2OSi-2. The molecule has 3 nitrogen and oxygen atoms in total. The van der Waals surface area contributed by atoms with E-state index in [4.69, 9.17) is 9.40 Å². The van der Waals surface area contributed by atoms with Crippen molar-refractivity contribution < 1.29 is 24.5 Å². The summed E-state index contributed by atoms with van der Waals surface area (Å²) < 4.78 is 6.42. The summed E-state index contributed by atoms with van der Waals surface area (Å²) in [4.78, 5) is 9.44. The topological polar surface area (TPSA) is 38.9 Å². The van der Waals surface area contributed by atoms with Gasteiger partial charge in [-0.15, -0.1) is 47.5 Å². The van der Waals surface area contributed by atoms with E-state index in [0.717, 1.165) is 62.0 Å². The number of rotatable bonds is 7. The molecule has 0 fully saturated rings. The third-order valence-electron chi connectivity index (χ3n) is 10.3. The molecule has 8 rings (SSSR count). The maximum Gasteiger partial charge on any atom is 0.120 e. The maximum atomic E-state index is 6.42. The molecule has 0 N–H and O–H groups in total. The summed E-state index contributed by atoms with van der Waals surface area (Å²) >= 11 is 0. The second-order valence-corrected chi connectivity index (χ2v) is 22.4. The SMILES string of the molecule is CC(C)c1ccnc(-c2[c-]cc(-c3ccc(-c4ccccc4)cc3)c3c2oc2ccccc23)c1.Cc1ccc[c-]c1-c1cc(CC(C)(C)C)c([Si](C)(C)C)cn1.[Ir]. The van der Waals surface area contributed by atoms with Crippen LogP contribution in [0, 0.1) is 24.5 Å². The van der Waals surface area contributed by atoms with Crippen molar-refractivity contribution in [3.63, 3.8) is 0 Å². The minimum Gasteiger partial charge on any atom is -0.501 e. The summed E-state index contributed by atoms with van der Waals surface area (Å²) in [6, 6.07) is 49.0. The van der Waals surface area contributed by atoms with E-state index in [1.165, 1.54) is 33.0 Å². The van der Waals surface area contributed by atoms with Crippen LogP contribution in [0.25, 0.3) is 66.7 Å². The minimum atomic E-state index is -1.39. The number of aromatic nitrogens is 2. The van der Waals surface area contributed by atoms with E-state index >= 15 is 0 Å². The monoisotopic (exact) mass is 941 g/mol. The number of hydrogen-bond donors (Lipinski definition) is 0. The summed E-state index contributed by atoms with van der Waals surface area (Å²) in [7, 11) is -1.39. The average molecular weight is 941 g/mol. The van der Waals surface area contributed by atoms with Gasteiger partial charge in [0.2, 0.25) is 0 Å². The molecule has 3 aromatic heterocycles. The van der Waals surface area contributed by atoms with Crippen molar-refractivity contribution in [1.82, 2.24) is 9.97 Å². The first kappa shape index (κ1) is 41.7. The van der Waals surface area contributed by atoms with Crippen LogP contribution in [0.5, 0.6) is 0 Å². The van der Waals surface area contributed by atoms with Crippen LogP contribution in [0.2, 0.25) is 19.6 Å². The molecule has 291 valence electrons. The van der Waals surface area contributed by atoms with Gasteiger partial charge in [0.1, 0.15) is 5.58 Å². The van der Waals surface area contributed by atoms with Crippen molar-refractivity contribution >= 4 is 35.2 Å². The number of pyridine rings is 2. The first-order valence-corrected chi connectivity index (χ1v) is 23.2. The minimum absolute atomic E-state index is 0. The van der Waals surface area contributed by atoms with Crippen LogP contribution in [0.4, 0.5) is 0 Å². The number of para-hydroxylation sites is 1. The van der Waals surface area contributed by atoms with Gasteiger partial charge in [0.15, 0.2) is 0 Å². The van der Waals surface area contributed by atoms with Crippen molar-refractivity contribution in [2.24, 2.45) is 5.41 Å². The van der Waals surface area contributed by atoms with Crippen LogP contribution < -0.4 is 5.19 Å². The van der Waals surface area contributed by atoms with Gasteiger partial charge in [-0.1, -0.05) is 174 Å². The van der Waals surface area contributed by atoms with Crippen LogP contribution in [0.1, 0.15) is 57.2 Å². The predicted molar refractivity (Wildman–Crippen MR) is 240 cm³/mol. The molecule has 0 bridgehead atoms. The number of benzene rings is 5. The fourth-order valence-electron chi connectivity index (χ4n) is 7.43. The molecular weight excluding hydrogens is 889 g/mol. The molecule has 1 radical (unpaired) electrons. The van der Waals surface area contributed by atoms with Crippen molar-refractivity contribution in [3.05, 3.63) is 163 Å². The third kappa shape index (κ3) is 9.45. The van der Waals surface area contributed by atoms with Gasteiger partial charge in [0, 0.05) is 37.9 Å². The molecule has 0 atom stereocenters. The smallest absolute Gasteiger partial charge is 0.120 e. The van der Waals surface area contributed by atoms with E-state index in [0.29, 0.717) is 5.92 Å². The number of furan rings is 1. The first-order chi connectivity index (χ1) is 26.8. The van der Waals surface area contributed by atoms with Gasteiger partial charge in [0.05, 0.1) is 13.7 Å². The molecule has 3 heterocycles. The molecule has 0 aliphatic carbocycles. The van der Waals surface area contributed by atoms with E-state index in [9.17, 15) is 0 Å². The molecule has 0 spiro atoms. The Bertz CT molecular complexity index is 2610. The molecule has 5 heteroatoms. The van der Waals surface area contributed by atoms with E-state index in [1.54, 1.807) is 0 Å². The second kappa shape index (κ2) is 17.3. The van der Waals surface area contributed by atoms with Gasteiger partial charge in [-0.3, -0.25) is 0 Å². The Labute approximate surface area is 354 Å². The van der Waals surface area contributed by atoms with Crippen molar-refractivity contribution in [2.75, 3.05) is 0 Å². The predicted octanol–water partition coefficient (Wildman–Crippen LogP) is 13.9. The molecule has 0 aliphatic rings. The van der Waals surface area contributed by atoms with Gasteiger partial charge < -0.3 is 14.4 Å². The standard InChI is InChI=1S/C32H24NO.C20H28NSi.Ir/c1-21(2)25-18-19-33-29(20-25)27-17-16-26(31-28-10-6-7-11-30(28)34-32(27)31)24-14-12-23(13-15-24)22-8-4-3-5-9-22;1-15-10-8-9-11-17(15)18-12-16(13-20(2,3)4)19(14-21-18)22(5,6)7;/h3-16,18-21H,1-2H3;8-10,12,14H,13H2,1-7H3;/q2*-1;. The van der Waals surface area contributed by atoms with Gasteiger partial charge >= 0.3 is 0 Å². The number of nitrogens with zero attached hydrogens (tertiary/aromatic N) is 2. The molecule has 0 unspecified atom stereocenters. The summed E-state index contributed by atoms with van der Waals surface area (Å²) in [6.45, 7) is 20.6. The second-order valence-electron chi connectivity index (χ2n) is 17.4. The van der Waals surface area contributed by atoms with E-state index < -0.39 is 8.07 Å². The summed E-state index contributed by atoms with van der Waals surface area (Å²) in [5.74, 6) is 0.426. The molecule has 0 saturated carbocycles. The Morgan fingerprint density at radius 3 is 2.07 bits per heavy atom. The fraction of sp³-hybridized carbons (Fsp3) is 0.231. The van der Waals surface area contributed by atoms with E-state index in [-0.39, 0.29) is 25.5 Å². The van der Waals surface area contributed by atoms with Crippen molar-refractivity contribution in [1.29, 1.82) is 0 Å². The Hall–Kier alpha value is -4.93. The Morgan fingerprint density at radius 2 is 1.39 bits per heavy atom. The maximum absolute atomic E-state index is 6.42. The zero-order valence-electron chi connectivity index (χ0n) is 34.6. The van der Waals surface area contributed by atoms with Gasteiger partial charge in [-0.05, 0) is 63.0 Å². The quantitative estimate of drug-likeness (QED) is 0.118. The molecule has 0 saturated heterocycles. The molecule has 57 heavy (non-hydrogen) atoms. The number of fused-ring (bicyclic) bond motifs is 3. The third-order valence-corrected chi connectivity index (χ3v) is 12.4. The van der Waals surface area contributed by atoms with E-state index in [1.807, 2.05) is 36.5 Å². The molecule has 8 aromatic rings. The zero-order chi connectivity index (χ0) is 39.6. The van der Waals surface area contributed by atoms with Crippen LogP contribution in [0.15, 0.2) is 138 Å². The Balaban J connectivity index is 0.000000208. The molecule has 0 aliphatic heterocycles. The van der Waals surface area contributed by atoms with Crippen molar-refractivity contribution in [3.8, 4) is 44.8 Å². The van der Waals surface area contributed by atoms with Crippen LogP contribution in [0.3, 0.4) is 0 Å². The Kier molecular flexibility index (Phi) is 12.6. The summed E-state index contributed by atoms with van der Waals surface area (Å²) in [5.41, 5.74) is 14.6. The summed E-state index contributed by atoms with van der Waals surface area (Å²) in [5, 5.41) is 3.70. The van der Waals surface area contributed by atoms with Crippen LogP contribution >= 0.6 is 0 Å². The van der Waals surface area contributed by atoms with Gasteiger partial charge in [0.25, 0.3) is 0 Å². The van der Waals surface area contributed by atoms with Gasteiger partial charge in [-0.25, -0.2) is 0 Å². The summed E-state index contributed by atoms with van der Waals surface area (Å²) in [6.07, 6.45) is 5.10. The average Bonchev–Trinajstić information content (AvgIpc) is 3.57. The largest absolute Gasteiger partial charge is 0.501 e. The Morgan fingerprint density at radius 1 is 0.719 bits per heavy atom. The normalized spacial score (nSPS) is 11.7. The zero-order valence-corrected chi connectivity index (χ0v) is 38.0. The fourth-order valence-corrected chi connectivity index (χ4v) is 9.00. The molecule has 0 amide bonds.